The smallest absolute Gasteiger partial charge is 0.416 e. The van der Waals surface area contributed by atoms with Gasteiger partial charge in [0.05, 0.1) is 17.1 Å². The van der Waals surface area contributed by atoms with Crippen LogP contribution in [0.4, 0.5) is 27.9 Å². The lowest BCUT2D eigenvalue weighted by atomic mass is 10.1. The third-order valence-electron chi connectivity index (χ3n) is 4.96. The Bertz CT molecular complexity index is 1290. The summed E-state index contributed by atoms with van der Waals surface area (Å²) in [6, 6.07) is 11.9. The predicted molar refractivity (Wildman–Crippen MR) is 110 cm³/mol. The number of nitrogens with zero attached hydrogens (tertiary/aromatic N) is 3. The third kappa shape index (κ3) is 4.66. The minimum atomic E-state index is -4.73. The maximum Gasteiger partial charge on any atom is 0.416 e. The van der Waals surface area contributed by atoms with E-state index in [4.69, 9.17) is 0 Å². The molecule has 2 N–H and O–H groups in total. The van der Waals surface area contributed by atoms with Gasteiger partial charge in [-0.1, -0.05) is 12.1 Å². The van der Waals surface area contributed by atoms with Crippen LogP contribution in [0.1, 0.15) is 24.1 Å². The van der Waals surface area contributed by atoms with E-state index in [9.17, 15) is 27.1 Å². The zero-order valence-corrected chi connectivity index (χ0v) is 17.0. The lowest BCUT2D eigenvalue weighted by molar-refractivity contribution is -0.138. The van der Waals surface area contributed by atoms with Crippen molar-refractivity contribution in [3.8, 4) is 22.8 Å². The summed E-state index contributed by atoms with van der Waals surface area (Å²) >= 11 is 0. The highest BCUT2D eigenvalue weighted by Crippen LogP contribution is 2.38. The van der Waals surface area contributed by atoms with Crippen molar-refractivity contribution in [1.29, 1.82) is 0 Å². The summed E-state index contributed by atoms with van der Waals surface area (Å²) in [5.74, 6) is -0.258. The predicted octanol–water partition coefficient (Wildman–Crippen LogP) is 5.90. The van der Waals surface area contributed by atoms with Crippen LogP contribution in [0.5, 0.6) is 11.5 Å². The molecule has 0 bridgehead atoms. The fraction of sp³-hybridized carbons (Fsp3) is 0.182. The van der Waals surface area contributed by atoms with Crippen molar-refractivity contribution in [2.75, 3.05) is 5.32 Å². The summed E-state index contributed by atoms with van der Waals surface area (Å²) in [6.07, 6.45) is -3.09. The maximum absolute atomic E-state index is 13.1. The number of aromatic hydroxyl groups is 1. The number of phenolic OH excluding ortho intramolecular Hbond substituents is 1. The number of nitrogens with one attached hydrogen (secondary N) is 1. The largest absolute Gasteiger partial charge is 0.508 e. The number of alkyl halides is 5. The summed E-state index contributed by atoms with van der Waals surface area (Å²) in [6.45, 7) is -1.49. The number of anilines is 1. The van der Waals surface area contributed by atoms with Crippen LogP contribution in [0.3, 0.4) is 0 Å². The van der Waals surface area contributed by atoms with Gasteiger partial charge in [-0.15, -0.1) is 10.2 Å². The molecule has 2 aromatic carbocycles. The van der Waals surface area contributed by atoms with Crippen LogP contribution in [-0.4, -0.2) is 26.3 Å². The van der Waals surface area contributed by atoms with Crippen molar-refractivity contribution in [2.24, 2.45) is 0 Å². The first-order valence-electron chi connectivity index (χ1n) is 9.69. The normalized spacial score (nSPS) is 12.8. The van der Waals surface area contributed by atoms with Crippen molar-refractivity contribution >= 4 is 11.5 Å². The molecule has 0 saturated carbocycles. The van der Waals surface area contributed by atoms with Gasteiger partial charge in [0.1, 0.15) is 17.2 Å². The SMILES string of the molecule is C[C@H](Nc1nnc(-c2ccc(C(F)(F)F)cc2OC(F)F)c2cccn12)c1cccc(O)c1. The fourth-order valence-corrected chi connectivity index (χ4v) is 3.40. The number of aromatic nitrogens is 3. The number of hydrogen-bond acceptors (Lipinski definition) is 5. The second-order valence-corrected chi connectivity index (χ2v) is 7.18. The summed E-state index contributed by atoms with van der Waals surface area (Å²) in [5, 5.41) is 21.0. The first-order chi connectivity index (χ1) is 15.6. The molecule has 2 aromatic heterocycles. The molecule has 0 unspecified atom stereocenters. The van der Waals surface area contributed by atoms with E-state index >= 15 is 0 Å². The number of benzene rings is 2. The van der Waals surface area contributed by atoms with Gasteiger partial charge in [0, 0.05) is 11.8 Å². The van der Waals surface area contributed by atoms with E-state index in [2.05, 4.69) is 20.3 Å². The van der Waals surface area contributed by atoms with Gasteiger partial charge in [-0.05, 0) is 55.0 Å². The van der Waals surface area contributed by atoms with Crippen molar-refractivity contribution in [3.05, 3.63) is 71.9 Å². The number of phenols is 1. The zero-order valence-electron chi connectivity index (χ0n) is 17.0. The molecule has 11 heteroatoms. The van der Waals surface area contributed by atoms with Gasteiger partial charge in [-0.2, -0.15) is 22.0 Å². The van der Waals surface area contributed by atoms with Crippen LogP contribution in [0.15, 0.2) is 60.8 Å². The highest BCUT2D eigenvalue weighted by molar-refractivity contribution is 5.81. The molecule has 0 aliphatic rings. The first-order valence-corrected chi connectivity index (χ1v) is 9.69. The summed E-state index contributed by atoms with van der Waals surface area (Å²) in [5.41, 5.74) is 0.0672. The molecule has 0 spiro atoms. The van der Waals surface area contributed by atoms with Crippen LogP contribution >= 0.6 is 0 Å². The maximum atomic E-state index is 13.1. The molecule has 0 aliphatic heterocycles. The fourth-order valence-electron chi connectivity index (χ4n) is 3.40. The Morgan fingerprint density at radius 2 is 1.82 bits per heavy atom. The van der Waals surface area contributed by atoms with E-state index in [0.717, 1.165) is 17.7 Å². The van der Waals surface area contributed by atoms with Gasteiger partial charge < -0.3 is 15.2 Å². The highest BCUT2D eigenvalue weighted by Gasteiger charge is 2.32. The van der Waals surface area contributed by atoms with Gasteiger partial charge in [-0.3, -0.25) is 4.40 Å². The lowest BCUT2D eigenvalue weighted by Crippen LogP contribution is -2.13. The van der Waals surface area contributed by atoms with Crippen LogP contribution < -0.4 is 10.1 Å². The molecule has 172 valence electrons. The van der Waals surface area contributed by atoms with E-state index in [1.165, 1.54) is 6.07 Å². The molecule has 4 aromatic rings. The highest BCUT2D eigenvalue weighted by atomic mass is 19.4. The Kier molecular flexibility index (Phi) is 5.79. The molecular weight excluding hydrogens is 447 g/mol. The molecule has 2 heterocycles. The summed E-state index contributed by atoms with van der Waals surface area (Å²) in [7, 11) is 0. The minimum Gasteiger partial charge on any atom is -0.508 e. The first kappa shape index (κ1) is 22.3. The van der Waals surface area contributed by atoms with Gasteiger partial charge >= 0.3 is 12.8 Å². The molecule has 0 radical (unpaired) electrons. The molecule has 33 heavy (non-hydrogen) atoms. The molecule has 1 atom stereocenters. The molecular formula is C22H17F5N4O2. The van der Waals surface area contributed by atoms with E-state index < -0.39 is 24.1 Å². The summed E-state index contributed by atoms with van der Waals surface area (Å²) < 4.78 is 71.1. The number of fused-ring (bicyclic) bond motifs is 1. The van der Waals surface area contributed by atoms with Gasteiger partial charge in [0.15, 0.2) is 0 Å². The number of halogens is 5. The van der Waals surface area contributed by atoms with Crippen LogP contribution in [-0.2, 0) is 6.18 Å². The van der Waals surface area contributed by atoms with Crippen molar-refractivity contribution in [2.45, 2.75) is 25.8 Å². The topological polar surface area (TPSA) is 71.7 Å². The van der Waals surface area contributed by atoms with Crippen molar-refractivity contribution in [1.82, 2.24) is 14.6 Å². The molecule has 0 amide bonds. The quantitative estimate of drug-likeness (QED) is 0.348. The lowest BCUT2D eigenvalue weighted by Gasteiger charge is -2.18. The second kappa shape index (κ2) is 8.57. The van der Waals surface area contributed by atoms with Gasteiger partial charge in [-0.25, -0.2) is 0 Å². The molecule has 4 rings (SSSR count). The Labute approximate surface area is 184 Å². The number of hydrogen-bond donors (Lipinski definition) is 2. The van der Waals surface area contributed by atoms with E-state index in [1.54, 1.807) is 34.9 Å². The second-order valence-electron chi connectivity index (χ2n) is 7.18. The van der Waals surface area contributed by atoms with E-state index in [0.29, 0.717) is 17.5 Å². The van der Waals surface area contributed by atoms with Crippen molar-refractivity contribution < 1.29 is 31.8 Å². The van der Waals surface area contributed by atoms with Crippen LogP contribution in [0.2, 0.25) is 0 Å². The average molecular weight is 464 g/mol. The number of ether oxygens (including phenoxy) is 1. The molecule has 6 nitrogen and oxygen atoms in total. The van der Waals surface area contributed by atoms with Crippen molar-refractivity contribution in [3.63, 3.8) is 0 Å². The van der Waals surface area contributed by atoms with Crippen LogP contribution in [0, 0.1) is 0 Å². The molecule has 0 fully saturated rings. The Balaban J connectivity index is 1.76. The van der Waals surface area contributed by atoms with E-state index in [-0.39, 0.29) is 23.0 Å². The van der Waals surface area contributed by atoms with E-state index in [1.807, 2.05) is 13.0 Å². The zero-order chi connectivity index (χ0) is 23.8. The van der Waals surface area contributed by atoms with Crippen LogP contribution in [0.25, 0.3) is 16.8 Å². The van der Waals surface area contributed by atoms with Gasteiger partial charge in [0.25, 0.3) is 0 Å². The Hall–Kier alpha value is -3.89. The molecule has 0 aliphatic carbocycles. The Morgan fingerprint density at radius 1 is 1.03 bits per heavy atom. The van der Waals surface area contributed by atoms with Gasteiger partial charge in [0.2, 0.25) is 5.95 Å². The third-order valence-corrected chi connectivity index (χ3v) is 4.96. The minimum absolute atomic E-state index is 0.0629. The monoisotopic (exact) mass is 464 g/mol. The summed E-state index contributed by atoms with van der Waals surface area (Å²) in [4.78, 5) is 0. The molecule has 0 saturated heterocycles. The number of rotatable bonds is 6. The Morgan fingerprint density at radius 3 is 2.52 bits per heavy atom. The standard InChI is InChI=1S/C22H17F5N4O2/c1-12(13-4-2-5-15(32)10-13)28-21-30-29-19(17-6-3-9-31(17)21)16-8-7-14(22(25,26)27)11-18(16)33-20(23)24/h2-12,20,32H,1H3,(H,28,30)/t12-/m0/s1. The average Bonchev–Trinajstić information content (AvgIpc) is 3.23.